The molecule has 18 atom stereocenters. The predicted octanol–water partition coefficient (Wildman–Crippen LogP) is 7.69. The minimum Gasteiger partial charge on any atom is -0.508 e. The molecule has 688 valence electrons. The van der Waals surface area contributed by atoms with E-state index in [0.29, 0.717) is 28.7 Å². The largest absolute Gasteiger partial charge is 0.508 e. The number of halogens is 3. The van der Waals surface area contributed by atoms with Crippen LogP contribution in [0.1, 0.15) is 175 Å². The Balaban J connectivity index is 0.987. The summed E-state index contributed by atoms with van der Waals surface area (Å²) in [5.41, 5.74) is 3.19. The van der Waals surface area contributed by atoms with Gasteiger partial charge in [-0.05, 0) is 152 Å². The zero-order valence-corrected chi connectivity index (χ0v) is 73.0. The molecular formula is C90H106Cl3N9O26. The van der Waals surface area contributed by atoms with Crippen molar-refractivity contribution in [1.29, 1.82) is 0 Å². The van der Waals surface area contributed by atoms with Gasteiger partial charge in [0.05, 0.1) is 47.9 Å². The number of unbranched alkanes of at least 4 members (excludes halogenated alkanes) is 7. The van der Waals surface area contributed by atoms with Crippen LogP contribution in [0.15, 0.2) is 121 Å². The van der Waals surface area contributed by atoms with Crippen LogP contribution in [0.4, 0.5) is 0 Å². The summed E-state index contributed by atoms with van der Waals surface area (Å²) in [6, 6.07) is 12.0. The minimum absolute atomic E-state index is 0.112. The molecule has 0 radical (unpaired) electrons. The Kier molecular flexibility index (Phi) is 32.0. The molecule has 7 amide bonds. The Morgan fingerprint density at radius 1 is 0.641 bits per heavy atom. The van der Waals surface area contributed by atoms with E-state index in [1.165, 1.54) is 38.4 Å². The number of nitrogens with two attached hydrogens (primary N) is 1. The molecule has 7 aromatic rings. The van der Waals surface area contributed by atoms with E-state index in [9.17, 15) is 65.4 Å². The summed E-state index contributed by atoms with van der Waals surface area (Å²) in [6.45, 7) is 8.84. The molecule has 7 aliphatic rings. The smallest absolute Gasteiger partial charge is 0.330 e. The number of carbonyl (C=O) groups is 8. The molecule has 2 saturated heterocycles. The van der Waals surface area contributed by atoms with E-state index >= 15 is 24.0 Å². The van der Waals surface area contributed by atoms with Crippen molar-refractivity contribution in [2.24, 2.45) is 11.7 Å². The molecule has 7 aromatic carbocycles. The molecule has 20 N–H and O–H groups in total. The van der Waals surface area contributed by atoms with Crippen LogP contribution >= 0.6 is 34.8 Å². The monoisotopic (exact) mass is 1830 g/mol. The second-order valence-electron chi connectivity index (χ2n) is 33.0. The number of hydrogen-bond donors (Lipinski definition) is 19. The minimum atomic E-state index is -2.38. The number of carboxylic acids is 1. The number of phenolic OH excluding ortho intramolecular Hbond substituents is 3. The number of aliphatic hydroxyl groups is 6. The fraction of sp³-hybridized carbons (Fsp3) is 0.444. The van der Waals surface area contributed by atoms with Crippen molar-refractivity contribution in [3.8, 4) is 68.6 Å². The van der Waals surface area contributed by atoms with Crippen molar-refractivity contribution in [2.45, 2.75) is 228 Å². The van der Waals surface area contributed by atoms with Crippen LogP contribution in [0, 0.1) is 5.92 Å². The van der Waals surface area contributed by atoms with Gasteiger partial charge in [-0.25, -0.2) is 4.79 Å². The van der Waals surface area contributed by atoms with Gasteiger partial charge in [0, 0.05) is 46.3 Å². The van der Waals surface area contributed by atoms with Gasteiger partial charge in [0.2, 0.25) is 53.4 Å². The number of nitrogens with one attached hydrogen (secondary N) is 8. The molecule has 0 spiro atoms. The first kappa shape index (κ1) is 96.2. The van der Waals surface area contributed by atoms with Gasteiger partial charge in [0.15, 0.2) is 41.4 Å². The lowest BCUT2D eigenvalue weighted by molar-refractivity contribution is -0.334. The second kappa shape index (κ2) is 42.6. The van der Waals surface area contributed by atoms with Crippen molar-refractivity contribution in [3.63, 3.8) is 0 Å². The van der Waals surface area contributed by atoms with E-state index in [2.05, 4.69) is 49.5 Å². The third kappa shape index (κ3) is 22.9. The molecule has 14 rings (SSSR count). The van der Waals surface area contributed by atoms with Crippen LogP contribution in [-0.2, 0) is 65.7 Å². The molecule has 0 aliphatic carbocycles. The topological polar surface area (TPSA) is 535 Å². The molecule has 0 saturated carbocycles. The standard InChI is InChI=1S/C90H106Cl3N9O26/c1-7-8-9-10-11-12-13-14-27-121-63-29-45(17-24-62(63)122-41-44-15-21-50(91)22-16-44)39-96-90(5)38-68(123-43(4)81(90)112)127-80-78(111)77(110)66(40-103)126-89(80)128-79-64-33-49-34-65(79)125-61-26-20-48(32-55(61)93)76(109)74-87(118)100-72(88(119)120)53-35-51(104)36-59(106)69(53)52-30-46(18-23-58(52)105)70(84(115)102-74)99-85(116)71(49)98-83(114)57(37-67(94)107)97-86(117)73(101-82(113)56(95-6)28-42(2)3)75(108)47-19-25-60(124-64)54(92)31-47/h15-26,29-36,42-43,56-57,66,68,70-78,80-81,89,95-96,103-106,108-112H,7-14,27-28,37-41H2,1-6H3,(H2,94,107)(H,97,117)(H,98,114)(H,99,116)(H,100,118)(H,101,113)(H,102,115)(H,119,120)/t43-,56+,57-,66+,68-,70+,71+,72-,73+,74-,75+,76+,77+,78-,80+,81+,89-,90-/m0/s1. The summed E-state index contributed by atoms with van der Waals surface area (Å²) in [7, 11) is 1.48. The van der Waals surface area contributed by atoms with Crippen LogP contribution in [-0.4, -0.2) is 198 Å². The number of likely N-dealkylation sites (N-methyl/N-ethyl adjacent to an activating group) is 1. The van der Waals surface area contributed by atoms with Gasteiger partial charge >= 0.3 is 5.97 Å². The molecule has 11 bridgehead atoms. The number of rotatable bonds is 29. The van der Waals surface area contributed by atoms with Crippen LogP contribution in [0.2, 0.25) is 15.1 Å². The molecule has 128 heavy (non-hydrogen) atoms. The number of benzene rings is 7. The van der Waals surface area contributed by atoms with Crippen molar-refractivity contribution in [2.75, 3.05) is 20.3 Å². The van der Waals surface area contributed by atoms with Gasteiger partial charge in [0.1, 0.15) is 96.1 Å². The third-order valence-electron chi connectivity index (χ3n) is 23.0. The highest BCUT2D eigenvalue weighted by Crippen LogP contribution is 2.50. The zero-order valence-electron chi connectivity index (χ0n) is 70.8. The number of aliphatic carboxylic acids is 1. The van der Waals surface area contributed by atoms with Crippen molar-refractivity contribution in [3.05, 3.63) is 175 Å². The average molecular weight is 1840 g/mol. The van der Waals surface area contributed by atoms with Gasteiger partial charge in [-0.2, -0.15) is 0 Å². The average Bonchev–Trinajstić information content (AvgIpc) is 0.765. The molecule has 38 heteroatoms. The quantitative estimate of drug-likeness (QED) is 0.0200. The maximum absolute atomic E-state index is 16.3. The van der Waals surface area contributed by atoms with Crippen LogP contribution < -0.4 is 72.0 Å². The van der Waals surface area contributed by atoms with E-state index in [0.717, 1.165) is 104 Å². The predicted molar refractivity (Wildman–Crippen MR) is 462 cm³/mol. The zero-order chi connectivity index (χ0) is 92.3. The number of amides is 7. The number of primary amides is 1. The van der Waals surface area contributed by atoms with Crippen molar-refractivity contribution in [1.82, 2.24) is 42.5 Å². The number of ether oxygens (including phenoxy) is 8. The highest BCUT2D eigenvalue weighted by atomic mass is 35.5. The lowest BCUT2D eigenvalue weighted by atomic mass is 9.84. The summed E-state index contributed by atoms with van der Waals surface area (Å²) >= 11 is 20.6. The molecule has 2 fully saturated rings. The Labute approximate surface area is 751 Å². The molecule has 7 heterocycles. The summed E-state index contributed by atoms with van der Waals surface area (Å²) in [5, 5.41) is 138. The summed E-state index contributed by atoms with van der Waals surface area (Å²) in [5.74, 6) is -15.2. The van der Waals surface area contributed by atoms with E-state index in [-0.39, 0.29) is 59.4 Å². The van der Waals surface area contributed by atoms with Gasteiger partial charge < -0.3 is 137 Å². The fourth-order valence-electron chi connectivity index (χ4n) is 16.0. The molecule has 0 aromatic heterocycles. The number of phenols is 3. The molecule has 0 unspecified atom stereocenters. The highest BCUT2D eigenvalue weighted by molar-refractivity contribution is 6.32. The van der Waals surface area contributed by atoms with Crippen LogP contribution in [0.5, 0.6) is 57.5 Å². The maximum Gasteiger partial charge on any atom is 0.330 e. The summed E-state index contributed by atoms with van der Waals surface area (Å²) < 4.78 is 52.6. The molecular weight excluding hydrogens is 1730 g/mol. The van der Waals surface area contributed by atoms with Gasteiger partial charge in [-0.3, -0.25) is 33.6 Å². The Hall–Kier alpha value is -10.9. The normalized spacial score (nSPS) is 25.6. The van der Waals surface area contributed by atoms with Gasteiger partial charge in [-0.1, -0.05) is 137 Å². The first-order valence-corrected chi connectivity index (χ1v) is 43.2. The summed E-state index contributed by atoms with van der Waals surface area (Å²) in [4.78, 5) is 119. The van der Waals surface area contributed by atoms with E-state index in [1.54, 1.807) is 32.0 Å². The summed E-state index contributed by atoms with van der Waals surface area (Å²) in [6.07, 6.45) is -10.4. The third-order valence-corrected chi connectivity index (χ3v) is 23.8. The maximum atomic E-state index is 16.3. The lowest BCUT2D eigenvalue weighted by Gasteiger charge is -2.48. The number of carboxylic acid groups (broad SMARTS) is 1. The lowest BCUT2D eigenvalue weighted by Crippen LogP contribution is -2.65. The van der Waals surface area contributed by atoms with Crippen LogP contribution in [0.25, 0.3) is 11.1 Å². The van der Waals surface area contributed by atoms with Crippen molar-refractivity contribution < 1.29 is 127 Å². The van der Waals surface area contributed by atoms with E-state index in [4.69, 9.17) is 78.4 Å². The van der Waals surface area contributed by atoms with Gasteiger partial charge in [-0.15, -0.1) is 0 Å². The fourth-order valence-corrected chi connectivity index (χ4v) is 16.6. The highest BCUT2D eigenvalue weighted by Gasteiger charge is 2.52. The molecule has 7 aliphatic heterocycles. The first-order valence-electron chi connectivity index (χ1n) is 42.1. The first-order chi connectivity index (χ1) is 61.0. The second-order valence-corrected chi connectivity index (χ2v) is 34.2. The Morgan fingerprint density at radius 3 is 1.90 bits per heavy atom. The number of aliphatic hydroxyl groups excluding tert-OH is 6. The number of fused-ring (bicyclic) bond motifs is 15. The number of aromatic hydroxyl groups is 3. The van der Waals surface area contributed by atoms with Gasteiger partial charge in [0.25, 0.3) is 0 Å². The number of carbonyl (C=O) groups excluding carboxylic acids is 7. The number of hydrogen-bond acceptors (Lipinski definition) is 27. The SMILES string of the molecule is CCCCCCCCCCOc1cc(CN[C@@]2(C)C[C@H](O[C@H]3[C@H](Oc4c5cc6cc4Oc4ccc(cc4Cl)[C@@H](O)[C@@H](NC(=O)[C@@H](CC(C)C)NC)C(=O)N[C@@H](CC(N)=O)C(=O)N[C@H]6C(=O)N[C@H]4C(=O)N[C@H](C(=O)N[C@H](C(=O)O)c6cc(O)cc(O)c6-c6cc4ccc6O)[C@H](O)c4ccc(c(Cl)c4)O5)O[C@H](CO)[C@@H](O)[C@@H]3O)O[C@@H](C)[C@H]2O)ccc1OCc1ccc(Cl)cc1. The van der Waals surface area contributed by atoms with Crippen molar-refractivity contribution >= 4 is 82.1 Å². The Bertz CT molecular complexity index is 5210. The van der Waals surface area contributed by atoms with E-state index < -0.39 is 237 Å². The van der Waals surface area contributed by atoms with E-state index in [1.807, 2.05) is 38.1 Å². The van der Waals surface area contributed by atoms with Crippen LogP contribution in [0.3, 0.4) is 0 Å². The Morgan fingerprint density at radius 2 is 1.27 bits per heavy atom. The molecule has 35 nitrogen and oxygen atoms in total.